The molecule has 2 atom stereocenters. The first-order valence-corrected chi connectivity index (χ1v) is 53.8. The van der Waals surface area contributed by atoms with E-state index in [1.807, 2.05) is 0 Å². The molecule has 11 rings (SSSR count). The number of aliphatic carboxylic acids is 2. The number of nitrogens with zero attached hydrogens (tertiary/aromatic N) is 6. The summed E-state index contributed by atoms with van der Waals surface area (Å²) in [7, 11) is 7.80. The molecular weight excluding hydrogens is 2750 g/mol. The average Bonchev–Trinajstić information content (AvgIpc) is 0.956. The van der Waals surface area contributed by atoms with Gasteiger partial charge in [-0.05, 0) is 307 Å². The molecule has 2 aliphatic carbocycles. The molecule has 2 unspecified atom stereocenters. The first-order valence-electron chi connectivity index (χ1n) is 42.5. The number of likely N-dealkylation sites (N-methyl/N-ethyl adjacent to an activating group) is 2. The molecule has 0 radical (unpaired) electrons. The summed E-state index contributed by atoms with van der Waals surface area (Å²) >= 11 is 24.3. The van der Waals surface area contributed by atoms with E-state index in [4.69, 9.17) is 33.2 Å². The predicted molar refractivity (Wildman–Crippen MR) is 590 cm³/mol. The number of rotatable bonds is 22. The summed E-state index contributed by atoms with van der Waals surface area (Å²) in [6, 6.07) is 30.9. The van der Waals surface area contributed by atoms with Gasteiger partial charge in [-0.25, -0.2) is 60.3 Å². The molecule has 3 aliphatic rings. The predicted octanol–water partition coefficient (Wildman–Crippen LogP) is 19.0. The van der Waals surface area contributed by atoms with Gasteiger partial charge in [0.05, 0.1) is 55.3 Å². The molecule has 3 amide bonds. The zero-order valence-corrected chi connectivity index (χ0v) is 102. The number of nitrogens with one attached hydrogen (secondary N) is 1. The Kier molecular flexibility index (Phi) is 62.3. The minimum Gasteiger partial charge on any atom is -0.870 e. The van der Waals surface area contributed by atoms with Gasteiger partial charge in [-0.2, -0.15) is 0 Å². The van der Waals surface area contributed by atoms with Crippen molar-refractivity contribution in [1.82, 2.24) is 33.7 Å². The van der Waals surface area contributed by atoms with E-state index in [0.717, 1.165) is 13.2 Å². The number of benzene rings is 5. The number of halogens is 15. The summed E-state index contributed by atoms with van der Waals surface area (Å²) in [5.74, 6) is -10.3. The molecule has 47 heteroatoms. The van der Waals surface area contributed by atoms with Crippen LogP contribution in [0.3, 0.4) is 0 Å². The maximum Gasteiger partial charge on any atom is 1.00 e. The molecule has 6 N–H and O–H groups in total. The Bertz CT molecular complexity index is 5910. The van der Waals surface area contributed by atoms with Crippen LogP contribution in [0.1, 0.15) is 167 Å². The molecule has 4 heterocycles. The van der Waals surface area contributed by atoms with E-state index < -0.39 is 134 Å². The third-order valence-corrected chi connectivity index (χ3v) is 22.9. The molecule has 0 bridgehead atoms. The van der Waals surface area contributed by atoms with Crippen LogP contribution in [-0.4, -0.2) is 202 Å². The Balaban J connectivity index is 0.00000173. The Labute approximate surface area is 960 Å². The fourth-order valence-electron chi connectivity index (χ4n) is 12.7. The average molecular weight is 2860 g/mol. The maximum absolute atomic E-state index is 13.4. The van der Waals surface area contributed by atoms with Crippen LogP contribution in [0, 0.1) is 29.1 Å². The fourth-order valence-corrected chi connectivity index (χ4v) is 16.5. The summed E-state index contributed by atoms with van der Waals surface area (Å²) in [6.07, 6.45) is 3.26. The van der Waals surface area contributed by atoms with Crippen molar-refractivity contribution in [2.24, 2.45) is 5.73 Å². The zero-order chi connectivity index (χ0) is 106. The maximum atomic E-state index is 13.4. The van der Waals surface area contributed by atoms with Gasteiger partial charge >= 0.3 is 77.7 Å². The van der Waals surface area contributed by atoms with Gasteiger partial charge in [-0.3, -0.25) is 37.7 Å². The Hall–Kier alpha value is -7.30. The normalized spacial score (nSPS) is 13.3. The van der Waals surface area contributed by atoms with Crippen molar-refractivity contribution in [1.29, 1.82) is 0 Å². The van der Waals surface area contributed by atoms with Crippen molar-refractivity contribution in [3.63, 3.8) is 0 Å². The molecular formula is C97H110Br6F5I4N8NaO23. The quantitative estimate of drug-likeness (QED) is 0.00931. The number of allylic oxidation sites excluding steroid dienone is 4. The first kappa shape index (κ1) is 137. The second-order valence-electron chi connectivity index (χ2n) is 32.7. The van der Waals surface area contributed by atoms with Crippen LogP contribution in [0.2, 0.25) is 0 Å². The number of carbonyl (C=O) groups excluding carboxylic acids is 8. The molecule has 1 fully saturated rings. The number of ether oxygens (including phenoxy) is 7. The molecule has 0 spiro atoms. The number of alkyl halides is 1. The zero-order valence-electron chi connectivity index (χ0n) is 81.6. The number of Topliss-reactive ketones (excluding diaryl/α,β-unsaturated/α-hetero) is 2. The topological polar surface area (TPSA) is 420 Å². The number of aromatic nitrogens is 3. The molecule has 5 aromatic carbocycles. The van der Waals surface area contributed by atoms with Crippen molar-refractivity contribution in [2.75, 3.05) is 81.4 Å². The molecule has 3 aromatic heterocycles. The van der Waals surface area contributed by atoms with E-state index in [1.165, 1.54) is 221 Å². The number of nitrogens with two attached hydrogens (primary N) is 1. The van der Waals surface area contributed by atoms with Crippen molar-refractivity contribution in [2.45, 2.75) is 143 Å². The summed E-state index contributed by atoms with van der Waals surface area (Å²) in [5.41, 5.74) is 4.37. The van der Waals surface area contributed by atoms with Gasteiger partial charge in [0.15, 0.2) is 11.6 Å². The third kappa shape index (κ3) is 41.6. The van der Waals surface area contributed by atoms with Crippen LogP contribution < -0.4 is 57.3 Å². The largest absolute Gasteiger partial charge is 1.00 e. The van der Waals surface area contributed by atoms with Crippen LogP contribution in [-0.2, 0) is 70.8 Å². The number of carboxylic acids is 2. The minimum absolute atomic E-state index is 0. The van der Waals surface area contributed by atoms with Gasteiger partial charge in [-0.15, -0.1) is 48.0 Å². The molecule has 8 aromatic rings. The first-order chi connectivity index (χ1) is 65.7. The number of hydrogen-bond donors (Lipinski definition) is 4. The minimum atomic E-state index is -1.35. The summed E-state index contributed by atoms with van der Waals surface area (Å²) in [5, 5.41) is 22.0. The molecule has 1 saturated heterocycles. The Morgan fingerprint density at radius 1 is 0.451 bits per heavy atom. The number of carboxylic acid groups (broad SMARTS) is 2. The van der Waals surface area contributed by atoms with Crippen LogP contribution in [0.5, 0.6) is 0 Å². The molecule has 0 saturated carbocycles. The van der Waals surface area contributed by atoms with Crippen molar-refractivity contribution < 1.29 is 148 Å². The van der Waals surface area contributed by atoms with Gasteiger partial charge in [0.2, 0.25) is 0 Å². The Morgan fingerprint density at radius 3 is 0.944 bits per heavy atom. The van der Waals surface area contributed by atoms with Gasteiger partial charge in [-0.1, -0.05) is 72.1 Å². The van der Waals surface area contributed by atoms with E-state index in [2.05, 4.69) is 144 Å². The standard InChI is InChI=1S/C21H24BrFN2O5.2C20H21BrFNO5.C16H16BrFN2O3.C15H12Br2FNO3.C4H8O.CH5N.I2.2HI.Na.H2O/c1-6-29-19(27)15-11-16(22)17(12-24(5)20(28)30-21(2,3)4)25(18(15)26)14-9-7-13(23)8-10-14;2*1-20(2,3)28-19(27)23(4)10-14-15(21)9-13(18(25)26)17(24)16(14)11-5-7-12(22)8-6-11;1-3-23-16(22)12-8-13(17)14(9-19-2)20(15(12)21)11-6-4-10(18)5-7-11;1-2-22-15(21)11-7-12(17)13(8-16)19(14(11)20)10-5-3-9(18)4-6-10;1-2-4-5-3-1;2*1-2;;;;/h7-11H,6,12H2,1-5H3;2*5-9,16H,10H2,1-4H3,(H,25,26);4-8,19H,3,9H2,1-2H3;3-7H,2,8H2,1H3;1-4H2;2H2,1H3;;2*1H;;1H2/q;;;;;;;;;;+1;/p-1. The summed E-state index contributed by atoms with van der Waals surface area (Å²) in [6.45, 7) is 23.5. The molecule has 1 aliphatic heterocycles. The summed E-state index contributed by atoms with van der Waals surface area (Å²) < 4.78 is 108. The van der Waals surface area contributed by atoms with Crippen LogP contribution in [0.25, 0.3) is 17.1 Å². The van der Waals surface area contributed by atoms with E-state index >= 15 is 0 Å². The second-order valence-corrected chi connectivity index (χ2v) is 37.6. The van der Waals surface area contributed by atoms with Crippen LogP contribution >= 0.6 is 181 Å². The van der Waals surface area contributed by atoms with Gasteiger partial charge < -0.3 is 74.6 Å². The van der Waals surface area contributed by atoms with Crippen molar-refractivity contribution >= 4 is 240 Å². The number of amides is 3. The molecule has 782 valence electrons. The van der Waals surface area contributed by atoms with Crippen molar-refractivity contribution in [3.05, 3.63) is 301 Å². The number of carbonyl (C=O) groups is 10. The van der Waals surface area contributed by atoms with E-state index in [0.29, 0.717) is 90.7 Å². The molecule has 31 nitrogen and oxygen atoms in total. The second kappa shape index (κ2) is 65.6. The van der Waals surface area contributed by atoms with Gasteiger partial charge in [0.25, 0.3) is 16.7 Å². The smallest absolute Gasteiger partial charge is 0.870 e. The van der Waals surface area contributed by atoms with E-state index in [9.17, 15) is 94.5 Å². The third-order valence-electron chi connectivity index (χ3n) is 18.9. The van der Waals surface area contributed by atoms with Gasteiger partial charge in [0.1, 0.15) is 73.7 Å². The monoisotopic (exact) mass is 2850 g/mol. The van der Waals surface area contributed by atoms with Crippen LogP contribution in [0.15, 0.2) is 211 Å². The number of pyridine rings is 3. The number of ketones is 2. The van der Waals surface area contributed by atoms with E-state index in [1.54, 1.807) is 90.1 Å². The SMILES string of the molecule is C1CCOC1.CCOC(=O)c1cc(Br)c(CBr)n(-c2ccc(F)cc2)c1=O.CCOC(=O)c1cc(Br)c(CN(C)C(=O)OC(C)(C)C)n(-c2ccc(F)cc2)c1=O.CCOC(=O)c1cc(Br)c(CNC)n(-c2ccc(F)cc2)c1=O.CN.CN(CC1=C(Br)C=C(C(=O)O)C(=O)C1c1ccc(F)cc1)C(=O)OC(C)(C)C.CN(CC1=C(Br)C=C(C(=O)O)C(=O)C1c1ccc(F)cc1)C(=O)OC(C)(C)C.I.I.II.[Na+].[OH-]. The molecule has 144 heavy (non-hydrogen) atoms. The fraction of sp³-hybridized carbons (Fsp3) is 0.351. The Morgan fingerprint density at radius 2 is 0.701 bits per heavy atom. The number of hydrogen-bond acceptors (Lipinski definition) is 23. The van der Waals surface area contributed by atoms with Gasteiger partial charge in [0, 0.05) is 136 Å². The van der Waals surface area contributed by atoms with E-state index in [-0.39, 0.29) is 150 Å². The van der Waals surface area contributed by atoms with Crippen molar-refractivity contribution in [3.8, 4) is 17.1 Å². The number of esters is 3. The summed E-state index contributed by atoms with van der Waals surface area (Å²) in [4.78, 5) is 164. The van der Waals surface area contributed by atoms with Crippen LogP contribution in [0.4, 0.5) is 36.3 Å².